The molecule has 0 amide bonds. The van der Waals surface area contributed by atoms with E-state index in [0.29, 0.717) is 6.54 Å². The number of nitriles is 1. The minimum absolute atomic E-state index is 0.0492. The second-order valence-corrected chi connectivity index (χ2v) is 4.79. The highest BCUT2D eigenvalue weighted by atomic mass is 19.1. The highest BCUT2D eigenvalue weighted by Crippen LogP contribution is 2.16. The molecule has 0 aliphatic heterocycles. The number of nitrogens with one attached hydrogen (secondary N) is 1. The molecule has 0 aromatic heterocycles. The van der Waals surface area contributed by atoms with Crippen molar-refractivity contribution in [1.29, 1.82) is 5.26 Å². The van der Waals surface area contributed by atoms with Crippen LogP contribution >= 0.6 is 0 Å². The summed E-state index contributed by atoms with van der Waals surface area (Å²) in [4.78, 5) is 0. The zero-order valence-electron chi connectivity index (χ0n) is 10.9. The Morgan fingerprint density at radius 2 is 2.06 bits per heavy atom. The summed E-state index contributed by atoms with van der Waals surface area (Å²) in [5, 5.41) is 21.5. The van der Waals surface area contributed by atoms with Crippen LogP contribution in [0.1, 0.15) is 37.9 Å². The molecule has 0 fully saturated rings. The summed E-state index contributed by atoms with van der Waals surface area (Å²) in [6, 6.07) is 6.28. The van der Waals surface area contributed by atoms with E-state index in [2.05, 4.69) is 5.32 Å². The van der Waals surface area contributed by atoms with Crippen LogP contribution in [0.3, 0.4) is 0 Å². The summed E-state index contributed by atoms with van der Waals surface area (Å²) in [6.45, 7) is 6.24. The molecule has 2 unspecified atom stereocenters. The Bertz CT molecular complexity index is 440. The summed E-state index contributed by atoms with van der Waals surface area (Å²) in [5.41, 5.74) is 0.815. The van der Waals surface area contributed by atoms with Gasteiger partial charge >= 0.3 is 0 Å². The number of rotatable bonds is 5. The maximum absolute atomic E-state index is 13.4. The van der Waals surface area contributed by atoms with Crippen molar-refractivity contribution in [3.05, 3.63) is 35.1 Å². The molecule has 0 radical (unpaired) electrons. The summed E-state index contributed by atoms with van der Waals surface area (Å²) in [6.07, 6.45) is -0.421. The molecule has 0 aliphatic carbocycles. The van der Waals surface area contributed by atoms with Crippen LogP contribution in [0.5, 0.6) is 0 Å². The molecular formula is C14H19FN2O. The first-order chi connectivity index (χ1) is 8.45. The largest absolute Gasteiger partial charge is 0.392 e. The van der Waals surface area contributed by atoms with Gasteiger partial charge in [0.1, 0.15) is 11.9 Å². The lowest BCUT2D eigenvalue weighted by molar-refractivity contribution is 0.120. The van der Waals surface area contributed by atoms with Gasteiger partial charge in [0.05, 0.1) is 11.7 Å². The Balaban J connectivity index is 2.65. The topological polar surface area (TPSA) is 56.0 Å². The molecule has 2 atom stereocenters. The van der Waals surface area contributed by atoms with Crippen molar-refractivity contribution in [1.82, 2.24) is 5.32 Å². The Labute approximate surface area is 107 Å². The van der Waals surface area contributed by atoms with Gasteiger partial charge in [-0.25, -0.2) is 4.39 Å². The maximum atomic E-state index is 13.4. The molecule has 1 aromatic carbocycles. The van der Waals surface area contributed by atoms with Crippen LogP contribution in [-0.2, 0) is 0 Å². The van der Waals surface area contributed by atoms with E-state index in [0.717, 1.165) is 5.56 Å². The second-order valence-electron chi connectivity index (χ2n) is 4.79. The standard InChI is InChI=1S/C14H19FN2O/c1-9(2)14(18)8-17-10(3)11-4-5-12(7-16)13(15)6-11/h4-6,9-10,14,17-18H,8H2,1-3H3. The quantitative estimate of drug-likeness (QED) is 0.843. The zero-order chi connectivity index (χ0) is 13.7. The van der Waals surface area contributed by atoms with E-state index in [4.69, 9.17) is 5.26 Å². The van der Waals surface area contributed by atoms with Crippen molar-refractivity contribution in [2.45, 2.75) is 32.9 Å². The van der Waals surface area contributed by atoms with Crippen LogP contribution in [0.2, 0.25) is 0 Å². The van der Waals surface area contributed by atoms with Gasteiger partial charge in [-0.2, -0.15) is 5.26 Å². The molecule has 2 N–H and O–H groups in total. The van der Waals surface area contributed by atoms with E-state index in [-0.39, 0.29) is 17.5 Å². The van der Waals surface area contributed by atoms with Gasteiger partial charge in [-0.15, -0.1) is 0 Å². The number of nitrogens with zero attached hydrogens (tertiary/aromatic N) is 1. The third-order valence-corrected chi connectivity index (χ3v) is 3.02. The summed E-state index contributed by atoms with van der Waals surface area (Å²) >= 11 is 0. The Hall–Kier alpha value is -1.44. The monoisotopic (exact) mass is 250 g/mol. The van der Waals surface area contributed by atoms with Crippen LogP contribution in [0.4, 0.5) is 4.39 Å². The van der Waals surface area contributed by atoms with Gasteiger partial charge in [-0.05, 0) is 30.5 Å². The minimum atomic E-state index is -0.506. The fourth-order valence-corrected chi connectivity index (χ4v) is 1.54. The molecule has 0 aliphatic rings. The molecule has 0 saturated heterocycles. The van der Waals surface area contributed by atoms with Gasteiger partial charge in [0, 0.05) is 12.6 Å². The predicted octanol–water partition coefficient (Wildman–Crippen LogP) is 2.36. The molecule has 1 aromatic rings. The number of aliphatic hydroxyl groups is 1. The van der Waals surface area contributed by atoms with Crippen molar-refractivity contribution in [3.8, 4) is 6.07 Å². The van der Waals surface area contributed by atoms with Crippen molar-refractivity contribution < 1.29 is 9.50 Å². The molecule has 98 valence electrons. The Morgan fingerprint density at radius 3 is 2.56 bits per heavy atom. The lowest BCUT2D eigenvalue weighted by atomic mass is 10.0. The first-order valence-corrected chi connectivity index (χ1v) is 6.06. The van der Waals surface area contributed by atoms with Crippen molar-refractivity contribution in [2.24, 2.45) is 5.92 Å². The molecule has 0 saturated carbocycles. The molecule has 3 nitrogen and oxygen atoms in total. The summed E-state index contributed by atoms with van der Waals surface area (Å²) in [5.74, 6) is -0.324. The van der Waals surface area contributed by atoms with E-state index in [1.165, 1.54) is 12.1 Å². The smallest absolute Gasteiger partial charge is 0.141 e. The molecule has 18 heavy (non-hydrogen) atoms. The van der Waals surface area contributed by atoms with E-state index < -0.39 is 11.9 Å². The molecule has 0 bridgehead atoms. The molecule has 0 spiro atoms. The minimum Gasteiger partial charge on any atom is -0.392 e. The Kier molecular flexibility index (Phi) is 5.26. The highest BCUT2D eigenvalue weighted by Gasteiger charge is 2.13. The molecule has 0 heterocycles. The van der Waals surface area contributed by atoms with Crippen LogP contribution < -0.4 is 5.32 Å². The third-order valence-electron chi connectivity index (χ3n) is 3.02. The van der Waals surface area contributed by atoms with Crippen LogP contribution in [0.15, 0.2) is 18.2 Å². The number of benzene rings is 1. The van der Waals surface area contributed by atoms with E-state index in [9.17, 15) is 9.50 Å². The van der Waals surface area contributed by atoms with Crippen LogP contribution in [0.25, 0.3) is 0 Å². The predicted molar refractivity (Wildman–Crippen MR) is 68.4 cm³/mol. The van der Waals surface area contributed by atoms with E-state index in [1.807, 2.05) is 20.8 Å². The van der Waals surface area contributed by atoms with Gasteiger partial charge in [0.2, 0.25) is 0 Å². The summed E-state index contributed by atoms with van der Waals surface area (Å²) < 4.78 is 13.4. The number of hydrogen-bond acceptors (Lipinski definition) is 3. The van der Waals surface area contributed by atoms with Gasteiger partial charge in [0.25, 0.3) is 0 Å². The van der Waals surface area contributed by atoms with Gasteiger partial charge < -0.3 is 10.4 Å². The third kappa shape index (κ3) is 3.80. The van der Waals surface area contributed by atoms with Gasteiger partial charge in [-0.3, -0.25) is 0 Å². The normalized spacial score (nSPS) is 14.3. The lowest BCUT2D eigenvalue weighted by Gasteiger charge is -2.19. The van der Waals surface area contributed by atoms with Crippen molar-refractivity contribution in [3.63, 3.8) is 0 Å². The molecule has 4 heteroatoms. The number of aliphatic hydroxyl groups excluding tert-OH is 1. The lowest BCUT2D eigenvalue weighted by Crippen LogP contribution is -2.32. The van der Waals surface area contributed by atoms with Gasteiger partial charge in [-0.1, -0.05) is 19.9 Å². The van der Waals surface area contributed by atoms with E-state index in [1.54, 1.807) is 12.1 Å². The maximum Gasteiger partial charge on any atom is 0.141 e. The fraction of sp³-hybridized carbons (Fsp3) is 0.500. The van der Waals surface area contributed by atoms with E-state index >= 15 is 0 Å². The first kappa shape index (κ1) is 14.6. The number of halogens is 1. The van der Waals surface area contributed by atoms with Crippen LogP contribution in [-0.4, -0.2) is 17.8 Å². The number of hydrogen-bond donors (Lipinski definition) is 2. The van der Waals surface area contributed by atoms with Crippen molar-refractivity contribution in [2.75, 3.05) is 6.54 Å². The highest BCUT2D eigenvalue weighted by molar-refractivity contribution is 5.34. The molecule has 1 rings (SSSR count). The SMILES string of the molecule is CC(NCC(O)C(C)C)c1ccc(C#N)c(F)c1. The summed E-state index contributed by atoms with van der Waals surface area (Å²) in [7, 11) is 0. The average Bonchev–Trinajstić information content (AvgIpc) is 2.35. The van der Waals surface area contributed by atoms with Gasteiger partial charge in [0.15, 0.2) is 0 Å². The van der Waals surface area contributed by atoms with Crippen molar-refractivity contribution >= 4 is 0 Å². The first-order valence-electron chi connectivity index (χ1n) is 6.06. The fourth-order valence-electron chi connectivity index (χ4n) is 1.54. The van der Waals surface area contributed by atoms with Crippen LogP contribution in [0, 0.1) is 23.1 Å². The second kappa shape index (κ2) is 6.48. The average molecular weight is 250 g/mol. The zero-order valence-corrected chi connectivity index (χ0v) is 10.9. The molecular weight excluding hydrogens is 231 g/mol. The Morgan fingerprint density at radius 1 is 1.39 bits per heavy atom.